The highest BCUT2D eigenvalue weighted by Gasteiger charge is 2.53. The zero-order chi connectivity index (χ0) is 86.3. The molecule has 2 bridgehead atoms. The number of nitrogen functional groups attached to an aromatic ring is 2. The van der Waals surface area contributed by atoms with Gasteiger partial charge >= 0.3 is 12.1 Å². The minimum Gasteiger partial charge on any atom is -0.459 e. The fraction of sp³-hybridized carbons (Fsp3) is 0.655. The van der Waals surface area contributed by atoms with Crippen molar-refractivity contribution in [2.45, 2.75) is 218 Å². The molecule has 0 unspecified atom stereocenters. The summed E-state index contributed by atoms with van der Waals surface area (Å²) in [5.74, 6) is -8.81. The Labute approximate surface area is 699 Å². The van der Waals surface area contributed by atoms with Crippen molar-refractivity contribution in [1.82, 2.24) is 55.3 Å². The molecule has 120 heavy (non-hydrogen) atoms. The van der Waals surface area contributed by atoms with Gasteiger partial charge in [-0.05, 0) is 132 Å². The van der Waals surface area contributed by atoms with Gasteiger partial charge in [0.1, 0.15) is 65.3 Å². The standard InChI is InChI=1S/C84H124N14O22/c1-52-16-10-9-11-17-53(2)69(109-7)47-61-22-19-57(6)84(108,120-61)77(104)80(105)97-27-14-12-18-64(97)81(106)117-70(48-65(99)54(3)43-56(5)75(103)76(110-8)74(102)55(4)42-52)62(85)44-58-20-23-68(66(100)45-58)119-83(107)89-49-60-50-96(95-93-60)29-31-112-33-35-114-37-39-116-41-40-115-38-36-113-34-32-111-30-25-71(101)88-26-13-15-28-98-79-72(78(86)90-51-91-79)73(94-98)59-21-24-67-63(46-59)92-82(87)118-67/h9-11,16-17,21,24,43,46,50-52,54-55,57-58,61-62,64,66,68-70,75-76,100,103,108H,12-15,18-20,22-23,25-42,44-45,47-49,85H2,1-8H3,(H2,87,92)(H,88,101)(H,89,107)(H2,86,90,91)/b11-9?,16-10+,53-17?,56-43+/t52-,54-,55-,57-,58+,61+,62-,64+,66-,68-,69+,70+,75-,76+,84-/m1/s1. The Morgan fingerprint density at radius 3 is 2.18 bits per heavy atom. The van der Waals surface area contributed by atoms with E-state index in [4.69, 9.17) is 78.8 Å². The van der Waals surface area contributed by atoms with Gasteiger partial charge in [-0.1, -0.05) is 69.4 Å². The predicted molar refractivity (Wildman–Crippen MR) is 439 cm³/mol. The predicted octanol–water partition coefficient (Wildman–Crippen LogP) is 5.94. The molecule has 1 saturated carbocycles. The molecular formula is C84H124N14O22. The number of ketones is 3. The number of hydrogen-bond donors (Lipinski definition) is 8. The molecule has 662 valence electrons. The number of piperidine rings is 1. The lowest BCUT2D eigenvalue weighted by Crippen LogP contribution is -2.61. The van der Waals surface area contributed by atoms with Crippen LogP contribution in [0.3, 0.4) is 0 Å². The van der Waals surface area contributed by atoms with E-state index in [2.05, 4.69) is 35.9 Å². The van der Waals surface area contributed by atoms with Gasteiger partial charge in [-0.2, -0.15) is 10.1 Å². The normalized spacial score (nSPS) is 26.6. The van der Waals surface area contributed by atoms with Gasteiger partial charge in [0.15, 0.2) is 17.0 Å². The van der Waals surface area contributed by atoms with Crippen molar-refractivity contribution in [3.8, 4) is 11.3 Å². The molecule has 3 aliphatic heterocycles. The van der Waals surface area contributed by atoms with Crippen LogP contribution < -0.4 is 27.8 Å². The molecule has 0 radical (unpaired) electrons. The number of nitrogens with two attached hydrogens (primary N) is 3. The number of methoxy groups -OCH3 is 2. The first-order valence-electron chi connectivity index (χ1n) is 41.8. The van der Waals surface area contributed by atoms with Crippen molar-refractivity contribution in [3.63, 3.8) is 0 Å². The van der Waals surface area contributed by atoms with Gasteiger partial charge in [0.25, 0.3) is 17.7 Å². The van der Waals surface area contributed by atoms with Gasteiger partial charge < -0.3 is 105 Å². The number of carbonyl (C=O) groups is 7. The number of esters is 1. The quantitative estimate of drug-likeness (QED) is 0.0101. The molecule has 5 aromatic rings. The van der Waals surface area contributed by atoms with E-state index in [1.807, 2.05) is 56.4 Å². The summed E-state index contributed by atoms with van der Waals surface area (Å²) < 4.78 is 72.0. The molecule has 3 fully saturated rings. The molecule has 1 aliphatic carbocycles. The number of allylic oxidation sites excluding steroid dienone is 6. The first-order chi connectivity index (χ1) is 57.7. The van der Waals surface area contributed by atoms with Gasteiger partial charge in [0.2, 0.25) is 11.7 Å². The van der Waals surface area contributed by atoms with E-state index in [0.29, 0.717) is 176 Å². The largest absolute Gasteiger partial charge is 0.459 e. The number of hydrogen-bond acceptors (Lipinski definition) is 31. The lowest BCUT2D eigenvalue weighted by Gasteiger charge is -2.42. The van der Waals surface area contributed by atoms with Crippen LogP contribution in [0.5, 0.6) is 0 Å². The topological polar surface area (TPSA) is 487 Å². The van der Waals surface area contributed by atoms with E-state index in [0.717, 1.165) is 28.9 Å². The zero-order valence-electron chi connectivity index (χ0n) is 70.4. The molecule has 36 heteroatoms. The van der Waals surface area contributed by atoms with Crippen LogP contribution in [0.25, 0.3) is 33.4 Å². The second-order valence-corrected chi connectivity index (χ2v) is 31.5. The number of nitrogens with one attached hydrogen (secondary N) is 2. The van der Waals surface area contributed by atoms with Gasteiger partial charge in [-0.25, -0.2) is 28.9 Å². The maximum absolute atomic E-state index is 14.7. The number of benzene rings is 1. The minimum absolute atomic E-state index is 0.0106. The number of aryl methyl sites for hydroxylation is 1. The van der Waals surface area contributed by atoms with Crippen molar-refractivity contribution in [2.24, 2.45) is 35.3 Å². The maximum Gasteiger partial charge on any atom is 0.407 e. The van der Waals surface area contributed by atoms with Gasteiger partial charge in [0, 0.05) is 82.5 Å². The minimum atomic E-state index is -2.52. The number of aromatic nitrogens is 8. The second kappa shape index (κ2) is 48.1. The molecule has 3 amide bonds. The molecule has 15 atom stereocenters. The number of oxazole rings is 1. The Morgan fingerprint density at radius 2 is 1.48 bits per heavy atom. The number of fused-ring (bicyclic) bond motifs is 5. The second-order valence-electron chi connectivity index (χ2n) is 31.5. The summed E-state index contributed by atoms with van der Waals surface area (Å²) in [6.45, 7) is 16.1. The van der Waals surface area contributed by atoms with Crippen molar-refractivity contribution < 1.29 is 105 Å². The molecule has 0 spiro atoms. The highest BCUT2D eigenvalue weighted by molar-refractivity contribution is 6.39. The number of amides is 3. The number of Topliss-reactive ketones (excluding diaryl/α,β-unsaturated/α-hetero) is 3. The maximum atomic E-state index is 14.7. The summed E-state index contributed by atoms with van der Waals surface area (Å²) in [4.78, 5) is 111. The van der Waals surface area contributed by atoms with Crippen molar-refractivity contribution in [3.05, 3.63) is 84.0 Å². The Kier molecular flexibility index (Phi) is 38.0. The third-order valence-corrected chi connectivity index (χ3v) is 22.3. The van der Waals surface area contributed by atoms with Crippen molar-refractivity contribution in [2.75, 3.05) is 118 Å². The molecule has 9 rings (SSSR count). The van der Waals surface area contributed by atoms with Crippen LogP contribution in [0.4, 0.5) is 16.6 Å². The van der Waals surface area contributed by atoms with E-state index in [9.17, 15) is 48.9 Å². The highest BCUT2D eigenvalue weighted by atomic mass is 16.6. The third-order valence-electron chi connectivity index (χ3n) is 22.3. The highest BCUT2D eigenvalue weighted by Crippen LogP contribution is 2.39. The van der Waals surface area contributed by atoms with Crippen LogP contribution in [0.2, 0.25) is 0 Å². The molecule has 1 aromatic carbocycles. The van der Waals surface area contributed by atoms with Crippen LogP contribution in [0, 0.1) is 29.6 Å². The number of alkyl carbamates (subject to hydrolysis) is 1. The van der Waals surface area contributed by atoms with Crippen molar-refractivity contribution >= 4 is 75.2 Å². The van der Waals surface area contributed by atoms with Crippen LogP contribution in [-0.2, 0) is 101 Å². The fourth-order valence-electron chi connectivity index (χ4n) is 15.4. The van der Waals surface area contributed by atoms with Gasteiger partial charge in [-0.3, -0.25) is 24.0 Å². The van der Waals surface area contributed by atoms with Crippen LogP contribution >= 0.6 is 0 Å². The van der Waals surface area contributed by atoms with E-state index in [1.165, 1.54) is 19.5 Å². The summed E-state index contributed by atoms with van der Waals surface area (Å²) in [5.41, 5.74) is 23.7. The lowest BCUT2D eigenvalue weighted by molar-refractivity contribution is -0.265. The van der Waals surface area contributed by atoms with E-state index in [1.54, 1.807) is 56.4 Å². The van der Waals surface area contributed by atoms with Crippen LogP contribution in [0.1, 0.15) is 144 Å². The van der Waals surface area contributed by atoms with E-state index in [-0.39, 0.29) is 87.8 Å². The SMILES string of the molecule is CO[C@H]1C[C@@H]2CC[C@@H](C)[C@@](O)(O2)C(=O)C(=O)N2CCCC[C@H]2C(=O)O[C@H]([C@H](N)C[C@@H]2CC[C@@H](OC(=O)NCc3cn(CCOCCOCCOCCOCCOCCOCCC(=O)NCCCCn4nc(-c5ccc6oc(N)nc6c5)c5c(N)ncnc54)nn3)[C@H](O)C2)CC(=O)[C@H](C)/C=C(\C)[C@@H](O)[C@@H](OC)C(=O)[C@H](C)C[C@H](C)/C=C/C=CC=C1C. The Morgan fingerprint density at radius 1 is 0.775 bits per heavy atom. The molecule has 4 aliphatic rings. The number of cyclic esters (lactones) is 1. The lowest BCUT2D eigenvalue weighted by atomic mass is 9.80. The number of anilines is 2. The molecular weight excluding hydrogens is 1560 g/mol. The smallest absolute Gasteiger partial charge is 0.407 e. The molecule has 4 aromatic heterocycles. The molecule has 7 heterocycles. The van der Waals surface area contributed by atoms with Crippen LogP contribution in [0.15, 0.2) is 82.7 Å². The summed E-state index contributed by atoms with van der Waals surface area (Å²) in [7, 11) is 2.89. The van der Waals surface area contributed by atoms with Gasteiger partial charge in [-0.15, -0.1) is 5.10 Å². The van der Waals surface area contributed by atoms with Crippen molar-refractivity contribution in [1.29, 1.82) is 0 Å². The summed E-state index contributed by atoms with van der Waals surface area (Å²) >= 11 is 0. The first-order valence-corrected chi connectivity index (χ1v) is 41.8. The average molecular weight is 1680 g/mol. The third kappa shape index (κ3) is 28.1. The average Bonchev–Trinajstić information content (AvgIpc) is 1.56. The Hall–Kier alpha value is -8.89. The number of nitrogens with zero attached hydrogens (tertiary/aromatic N) is 9. The first kappa shape index (κ1) is 95.0. The molecule has 2 saturated heterocycles. The zero-order valence-corrected chi connectivity index (χ0v) is 70.4. The monoisotopic (exact) mass is 1680 g/mol. The number of ether oxygens (including phenoxy) is 11. The Balaban J connectivity index is 0.627. The number of carbonyl (C=O) groups excluding carboxylic acids is 7. The summed E-state index contributed by atoms with van der Waals surface area (Å²) in [6.07, 6.45) is 11.0. The molecule has 11 N–H and O–H groups in total. The number of aliphatic hydroxyl groups excluding tert-OH is 2. The van der Waals surface area contributed by atoms with Crippen LogP contribution in [-0.4, -0.2) is 268 Å². The fourth-order valence-corrected chi connectivity index (χ4v) is 15.4. The molecule has 36 nitrogen and oxygen atoms in total. The summed E-state index contributed by atoms with van der Waals surface area (Å²) in [6, 6.07) is 3.24. The summed E-state index contributed by atoms with van der Waals surface area (Å²) in [5, 5.41) is 54.4. The number of unbranched alkanes of at least 4 members (excludes halogenated alkanes) is 1. The van der Waals surface area contributed by atoms with Gasteiger partial charge in [0.05, 0.1) is 122 Å². The van der Waals surface area contributed by atoms with E-state index >= 15 is 0 Å². The number of aliphatic hydroxyl groups is 3. The number of rotatable bonds is 35. The van der Waals surface area contributed by atoms with E-state index < -0.39 is 114 Å². The Bertz CT molecular complexity index is 4260.